The number of hydrogen-bond acceptors (Lipinski definition) is 5. The van der Waals surface area contributed by atoms with Gasteiger partial charge in [-0.05, 0) is 66.6 Å². The van der Waals surface area contributed by atoms with E-state index in [0.29, 0.717) is 16.8 Å². The van der Waals surface area contributed by atoms with Crippen LogP contribution in [0.5, 0.6) is 5.75 Å². The Balaban J connectivity index is 1.70. The van der Waals surface area contributed by atoms with Gasteiger partial charge in [0.15, 0.2) is 0 Å². The zero-order chi connectivity index (χ0) is 24.4. The van der Waals surface area contributed by atoms with Crippen LogP contribution in [0.3, 0.4) is 0 Å². The van der Waals surface area contributed by atoms with Crippen molar-refractivity contribution in [2.75, 3.05) is 17.5 Å². The topological polar surface area (TPSA) is 88.1 Å². The van der Waals surface area contributed by atoms with E-state index in [9.17, 15) is 13.2 Å². The number of ether oxygens (including phenoxy) is 1. The minimum absolute atomic E-state index is 0.0903. The Kier molecular flexibility index (Phi) is 9.24. The average molecular weight is 544 g/mol. The number of anilines is 1. The number of hydrazone groups is 1. The van der Waals surface area contributed by atoms with E-state index in [4.69, 9.17) is 4.74 Å². The van der Waals surface area contributed by atoms with Crippen LogP contribution in [0.1, 0.15) is 25.3 Å². The van der Waals surface area contributed by atoms with Gasteiger partial charge in [-0.1, -0.05) is 53.5 Å². The summed E-state index contributed by atoms with van der Waals surface area (Å²) in [6.07, 6.45) is 3.55. The van der Waals surface area contributed by atoms with Gasteiger partial charge in [-0.15, -0.1) is 0 Å². The third kappa shape index (κ3) is 7.16. The minimum Gasteiger partial charge on any atom is -0.494 e. The van der Waals surface area contributed by atoms with Crippen molar-refractivity contribution in [3.05, 3.63) is 88.9 Å². The van der Waals surface area contributed by atoms with Crippen molar-refractivity contribution < 1.29 is 17.9 Å². The Bertz CT molecular complexity index is 1220. The number of nitrogens with zero attached hydrogens (tertiary/aromatic N) is 2. The lowest BCUT2D eigenvalue weighted by atomic mass is 10.2. The van der Waals surface area contributed by atoms with E-state index in [0.717, 1.165) is 28.5 Å². The normalized spacial score (nSPS) is 11.4. The Morgan fingerprint density at radius 3 is 2.47 bits per heavy atom. The predicted octanol–water partition coefficient (Wildman–Crippen LogP) is 4.97. The fraction of sp³-hybridized carbons (Fsp3) is 0.200. The molecule has 0 unspecified atom stereocenters. The Hall–Kier alpha value is -3.17. The van der Waals surface area contributed by atoms with Crippen molar-refractivity contribution in [3.63, 3.8) is 0 Å². The number of unbranched alkanes of at least 4 members (excludes halogenated alkanes) is 1. The van der Waals surface area contributed by atoms with Gasteiger partial charge in [0.2, 0.25) is 0 Å². The summed E-state index contributed by atoms with van der Waals surface area (Å²) in [6, 6.07) is 22.1. The molecule has 9 heteroatoms. The third-order valence-corrected chi connectivity index (χ3v) is 7.05. The molecule has 0 fully saturated rings. The predicted molar refractivity (Wildman–Crippen MR) is 138 cm³/mol. The van der Waals surface area contributed by atoms with Crippen LogP contribution in [0.2, 0.25) is 0 Å². The largest absolute Gasteiger partial charge is 0.494 e. The maximum absolute atomic E-state index is 13.3. The van der Waals surface area contributed by atoms with Gasteiger partial charge in [-0.2, -0.15) is 5.10 Å². The number of halogens is 1. The van der Waals surface area contributed by atoms with E-state index >= 15 is 0 Å². The quantitative estimate of drug-likeness (QED) is 0.210. The lowest BCUT2D eigenvalue weighted by molar-refractivity contribution is -0.119. The maximum Gasteiger partial charge on any atom is 0.264 e. The molecule has 0 heterocycles. The molecular formula is C25H26BrN3O4S. The number of rotatable bonds is 11. The van der Waals surface area contributed by atoms with Crippen LogP contribution in [0, 0.1) is 0 Å². The third-order valence-electron chi connectivity index (χ3n) is 4.76. The van der Waals surface area contributed by atoms with E-state index in [1.165, 1.54) is 18.3 Å². The molecule has 0 aliphatic carbocycles. The summed E-state index contributed by atoms with van der Waals surface area (Å²) in [5.41, 5.74) is 3.53. The van der Waals surface area contributed by atoms with Gasteiger partial charge >= 0.3 is 0 Å². The van der Waals surface area contributed by atoms with Crippen LogP contribution in [-0.4, -0.2) is 33.7 Å². The zero-order valence-corrected chi connectivity index (χ0v) is 21.1. The van der Waals surface area contributed by atoms with Gasteiger partial charge in [-0.3, -0.25) is 9.10 Å². The van der Waals surface area contributed by atoms with Crippen LogP contribution in [0.25, 0.3) is 0 Å². The van der Waals surface area contributed by atoms with Gasteiger partial charge in [0.1, 0.15) is 12.3 Å². The van der Waals surface area contributed by atoms with E-state index in [1.807, 2.05) is 24.3 Å². The first-order chi connectivity index (χ1) is 16.4. The van der Waals surface area contributed by atoms with Crippen molar-refractivity contribution in [2.24, 2.45) is 5.10 Å². The van der Waals surface area contributed by atoms with Crippen LogP contribution in [0.4, 0.5) is 5.69 Å². The summed E-state index contributed by atoms with van der Waals surface area (Å²) in [6.45, 7) is 2.34. The van der Waals surface area contributed by atoms with Gasteiger partial charge in [0.25, 0.3) is 15.9 Å². The molecule has 0 aromatic heterocycles. The average Bonchev–Trinajstić information content (AvgIpc) is 2.84. The number of sulfonamides is 1. The number of benzene rings is 3. The molecule has 0 radical (unpaired) electrons. The van der Waals surface area contributed by atoms with Crippen LogP contribution < -0.4 is 14.5 Å². The Labute approximate surface area is 208 Å². The maximum atomic E-state index is 13.3. The fourth-order valence-corrected chi connectivity index (χ4v) is 4.82. The molecule has 0 saturated heterocycles. The highest BCUT2D eigenvalue weighted by atomic mass is 79.9. The Morgan fingerprint density at radius 1 is 1.06 bits per heavy atom. The van der Waals surface area contributed by atoms with Crippen LogP contribution in [-0.2, 0) is 14.8 Å². The van der Waals surface area contributed by atoms with E-state index in [-0.39, 0.29) is 4.90 Å². The van der Waals surface area contributed by atoms with Crippen molar-refractivity contribution in [1.29, 1.82) is 0 Å². The van der Waals surface area contributed by atoms with Crippen molar-refractivity contribution >= 4 is 43.8 Å². The fourth-order valence-electron chi connectivity index (χ4n) is 3.00. The number of nitrogens with one attached hydrogen (secondary N) is 1. The minimum atomic E-state index is -3.97. The number of hydrogen-bond donors (Lipinski definition) is 1. The molecule has 0 bridgehead atoms. The van der Waals surface area contributed by atoms with E-state index in [2.05, 4.69) is 33.4 Å². The van der Waals surface area contributed by atoms with Crippen LogP contribution in [0.15, 0.2) is 93.3 Å². The molecule has 0 aliphatic heterocycles. The molecule has 178 valence electrons. The smallest absolute Gasteiger partial charge is 0.264 e. The molecule has 1 N–H and O–H groups in total. The summed E-state index contributed by atoms with van der Waals surface area (Å²) in [4.78, 5) is 12.7. The second-order valence-electron chi connectivity index (χ2n) is 7.37. The van der Waals surface area contributed by atoms with Gasteiger partial charge in [0.05, 0.1) is 23.4 Å². The standard InChI is InChI=1S/C25H26BrN3O4S/c1-2-3-16-33-23-14-12-20(13-15-23)18-27-28-25(30)19-29(22-9-7-8-21(26)17-22)34(31,32)24-10-5-4-6-11-24/h4-15,17-18H,2-3,16,19H2,1H3,(H,28,30)/b27-18-. The van der Waals surface area contributed by atoms with Crippen molar-refractivity contribution in [3.8, 4) is 5.75 Å². The van der Waals surface area contributed by atoms with Gasteiger partial charge < -0.3 is 4.74 Å². The molecule has 0 saturated carbocycles. The number of carbonyl (C=O) groups is 1. The molecule has 7 nitrogen and oxygen atoms in total. The van der Waals surface area contributed by atoms with Crippen molar-refractivity contribution in [1.82, 2.24) is 5.43 Å². The highest BCUT2D eigenvalue weighted by Gasteiger charge is 2.27. The van der Waals surface area contributed by atoms with E-state index < -0.39 is 22.5 Å². The molecular weight excluding hydrogens is 518 g/mol. The van der Waals surface area contributed by atoms with E-state index in [1.54, 1.807) is 42.5 Å². The number of carbonyl (C=O) groups excluding carboxylic acids is 1. The summed E-state index contributed by atoms with van der Waals surface area (Å²) in [5.74, 6) is 0.195. The highest BCUT2D eigenvalue weighted by Crippen LogP contribution is 2.26. The van der Waals surface area contributed by atoms with Gasteiger partial charge in [-0.25, -0.2) is 13.8 Å². The summed E-state index contributed by atoms with van der Waals surface area (Å²) < 4.78 is 33.9. The first-order valence-electron chi connectivity index (χ1n) is 10.8. The van der Waals surface area contributed by atoms with Crippen molar-refractivity contribution in [2.45, 2.75) is 24.7 Å². The molecule has 3 rings (SSSR count). The molecule has 0 spiro atoms. The molecule has 0 atom stereocenters. The second kappa shape index (κ2) is 12.3. The SMILES string of the molecule is CCCCOc1ccc(/C=N\NC(=O)CN(c2cccc(Br)c2)S(=O)(=O)c2ccccc2)cc1. The first kappa shape index (κ1) is 25.5. The summed E-state index contributed by atoms with van der Waals surface area (Å²) in [5, 5.41) is 3.97. The number of amides is 1. The Morgan fingerprint density at radius 2 is 1.79 bits per heavy atom. The highest BCUT2D eigenvalue weighted by molar-refractivity contribution is 9.10. The molecule has 3 aromatic rings. The zero-order valence-electron chi connectivity index (χ0n) is 18.7. The monoisotopic (exact) mass is 543 g/mol. The second-order valence-corrected chi connectivity index (χ2v) is 10.1. The summed E-state index contributed by atoms with van der Waals surface area (Å²) in [7, 11) is -3.97. The molecule has 34 heavy (non-hydrogen) atoms. The summed E-state index contributed by atoms with van der Waals surface area (Å²) >= 11 is 3.36. The lowest BCUT2D eigenvalue weighted by Crippen LogP contribution is -2.39. The lowest BCUT2D eigenvalue weighted by Gasteiger charge is -2.23. The molecule has 0 aliphatic rings. The molecule has 3 aromatic carbocycles. The van der Waals surface area contributed by atoms with Gasteiger partial charge in [0, 0.05) is 4.47 Å². The first-order valence-corrected chi connectivity index (χ1v) is 13.0. The molecule has 1 amide bonds. The van der Waals surface area contributed by atoms with Crippen LogP contribution >= 0.6 is 15.9 Å².